The van der Waals surface area contributed by atoms with Crippen LogP contribution in [0.2, 0.25) is 5.02 Å². The highest BCUT2D eigenvalue weighted by molar-refractivity contribution is 6.31. The Morgan fingerprint density at radius 3 is 2.54 bits per heavy atom. The number of nitrogens with one attached hydrogen (secondary N) is 1. The van der Waals surface area contributed by atoms with Gasteiger partial charge in [-0.15, -0.1) is 0 Å². The quantitative estimate of drug-likeness (QED) is 0.458. The molecule has 1 saturated carbocycles. The predicted molar refractivity (Wildman–Crippen MR) is 133 cm³/mol. The number of esters is 1. The molecule has 1 aliphatic heterocycles. The fourth-order valence-electron chi connectivity index (χ4n) is 5.14. The number of piperidine rings is 1. The van der Waals surface area contributed by atoms with Gasteiger partial charge >= 0.3 is 11.9 Å². The van der Waals surface area contributed by atoms with Crippen LogP contribution in [0.4, 0.5) is 5.82 Å². The Labute approximate surface area is 208 Å². The lowest BCUT2D eigenvalue weighted by molar-refractivity contribution is -0.156. The van der Waals surface area contributed by atoms with Crippen molar-refractivity contribution in [2.24, 2.45) is 11.8 Å². The van der Waals surface area contributed by atoms with Crippen LogP contribution >= 0.6 is 11.6 Å². The molecule has 3 heterocycles. The molecule has 1 aromatic carbocycles. The van der Waals surface area contributed by atoms with Gasteiger partial charge in [-0.05, 0) is 61.9 Å². The number of hydrogen-bond acceptors (Lipinski definition) is 6. The van der Waals surface area contributed by atoms with Gasteiger partial charge in [-0.1, -0.05) is 11.6 Å². The lowest BCUT2D eigenvalue weighted by Crippen LogP contribution is -2.39. The summed E-state index contributed by atoms with van der Waals surface area (Å²) in [4.78, 5) is 38.3. The molecule has 2 aliphatic rings. The first-order valence-corrected chi connectivity index (χ1v) is 12.6. The molecule has 9 heteroatoms. The number of H-pyrrole nitrogens is 1. The summed E-state index contributed by atoms with van der Waals surface area (Å²) in [6.45, 7) is 1.55. The van der Waals surface area contributed by atoms with Gasteiger partial charge in [-0.25, -0.2) is 9.97 Å². The number of ether oxygens (including phenoxy) is 1. The van der Waals surface area contributed by atoms with E-state index in [0.717, 1.165) is 79.9 Å². The van der Waals surface area contributed by atoms with Crippen LogP contribution in [0, 0.1) is 11.8 Å². The summed E-state index contributed by atoms with van der Waals surface area (Å²) in [6, 6.07) is 9.58. The standard InChI is InChI=1S/C26H29ClN4O4/c27-19-6-7-21-22(14-19)30-25(29-21)18-5-8-23(28-15-18)31-11-9-20(10-12-31)35-26(34)17-3-1-16(2-4-17)13-24(32)33/h5-8,14-17,20H,1-4,9-13H2,(H,29,30)(H,32,33). The van der Waals surface area contributed by atoms with Crippen molar-refractivity contribution in [3.63, 3.8) is 0 Å². The highest BCUT2D eigenvalue weighted by atomic mass is 35.5. The Hall–Kier alpha value is -3.13. The molecule has 0 spiro atoms. The molecule has 0 unspecified atom stereocenters. The number of rotatable bonds is 6. The van der Waals surface area contributed by atoms with Gasteiger partial charge < -0.3 is 19.7 Å². The normalized spacial score (nSPS) is 21.2. The number of fused-ring (bicyclic) bond motifs is 1. The fraction of sp³-hybridized carbons (Fsp3) is 0.462. The van der Waals surface area contributed by atoms with Gasteiger partial charge in [0.25, 0.3) is 0 Å². The number of aromatic amines is 1. The van der Waals surface area contributed by atoms with Crippen LogP contribution in [0.5, 0.6) is 0 Å². The third-order valence-electron chi connectivity index (χ3n) is 7.16. The van der Waals surface area contributed by atoms with Crippen LogP contribution in [-0.4, -0.2) is 51.2 Å². The fourth-order valence-corrected chi connectivity index (χ4v) is 5.32. The first-order valence-electron chi connectivity index (χ1n) is 12.2. The monoisotopic (exact) mass is 496 g/mol. The van der Waals surface area contributed by atoms with E-state index >= 15 is 0 Å². The summed E-state index contributed by atoms with van der Waals surface area (Å²) in [6.07, 6.45) is 6.51. The number of hydrogen-bond donors (Lipinski definition) is 2. The number of halogens is 1. The van der Waals surface area contributed by atoms with E-state index in [4.69, 9.17) is 21.4 Å². The molecule has 5 rings (SSSR count). The molecular weight excluding hydrogens is 468 g/mol. The largest absolute Gasteiger partial charge is 0.481 e. The lowest BCUT2D eigenvalue weighted by atomic mass is 9.80. The van der Waals surface area contributed by atoms with E-state index in [0.29, 0.717) is 5.02 Å². The summed E-state index contributed by atoms with van der Waals surface area (Å²) in [7, 11) is 0. The highest BCUT2D eigenvalue weighted by Gasteiger charge is 2.31. The number of aromatic nitrogens is 3. The smallest absolute Gasteiger partial charge is 0.309 e. The minimum absolute atomic E-state index is 0.0721. The zero-order chi connectivity index (χ0) is 24.4. The van der Waals surface area contributed by atoms with E-state index in [9.17, 15) is 9.59 Å². The van der Waals surface area contributed by atoms with Gasteiger partial charge in [0.15, 0.2) is 0 Å². The Bertz CT molecular complexity index is 1200. The van der Waals surface area contributed by atoms with E-state index in [2.05, 4.69) is 19.9 Å². The van der Waals surface area contributed by atoms with Crippen LogP contribution in [0.3, 0.4) is 0 Å². The summed E-state index contributed by atoms with van der Waals surface area (Å²) in [5.41, 5.74) is 2.66. The second kappa shape index (κ2) is 10.2. The number of benzene rings is 1. The Morgan fingerprint density at radius 2 is 1.86 bits per heavy atom. The molecule has 0 amide bonds. The Kier molecular flexibility index (Phi) is 6.90. The van der Waals surface area contributed by atoms with Crippen LogP contribution < -0.4 is 4.90 Å². The lowest BCUT2D eigenvalue weighted by Gasteiger charge is -2.34. The SMILES string of the molecule is O=C(O)CC1CCC(C(=O)OC2CCN(c3ccc(-c4nc5ccc(Cl)cc5[nH]4)cn3)CC2)CC1. The van der Waals surface area contributed by atoms with Gasteiger partial charge in [0.05, 0.1) is 17.0 Å². The number of aliphatic carboxylic acids is 1. The molecular formula is C26H29ClN4O4. The highest BCUT2D eigenvalue weighted by Crippen LogP contribution is 2.32. The molecule has 3 aromatic rings. The first kappa shape index (κ1) is 23.6. The third kappa shape index (κ3) is 5.59. The molecule has 35 heavy (non-hydrogen) atoms. The topological polar surface area (TPSA) is 108 Å². The Balaban J connectivity index is 1.11. The minimum atomic E-state index is -0.758. The molecule has 0 atom stereocenters. The molecule has 0 bridgehead atoms. The van der Waals surface area contributed by atoms with Gasteiger partial charge in [-0.3, -0.25) is 9.59 Å². The average Bonchev–Trinajstić information content (AvgIpc) is 3.28. The van der Waals surface area contributed by atoms with Gasteiger partial charge in [-0.2, -0.15) is 0 Å². The number of carbonyl (C=O) groups excluding carboxylic acids is 1. The van der Waals surface area contributed by atoms with Crippen molar-refractivity contribution in [3.05, 3.63) is 41.6 Å². The maximum Gasteiger partial charge on any atom is 0.309 e. The van der Waals surface area contributed by atoms with Gasteiger partial charge in [0.1, 0.15) is 17.7 Å². The van der Waals surface area contributed by atoms with Crippen molar-refractivity contribution in [2.75, 3.05) is 18.0 Å². The number of carbonyl (C=O) groups is 2. The molecule has 184 valence electrons. The maximum absolute atomic E-state index is 12.6. The first-order chi connectivity index (χ1) is 16.9. The number of pyridine rings is 1. The number of imidazole rings is 1. The molecule has 0 radical (unpaired) electrons. The van der Waals surface area contributed by atoms with Gasteiger partial charge in [0.2, 0.25) is 0 Å². The minimum Gasteiger partial charge on any atom is -0.481 e. The second-order valence-corrected chi connectivity index (χ2v) is 10.0. The van der Waals surface area contributed by atoms with E-state index in [1.165, 1.54) is 0 Å². The molecule has 8 nitrogen and oxygen atoms in total. The summed E-state index contributed by atoms with van der Waals surface area (Å²) in [5, 5.41) is 9.62. The molecule has 1 aliphatic carbocycles. The van der Waals surface area contributed by atoms with E-state index < -0.39 is 5.97 Å². The number of carboxylic acid groups (broad SMARTS) is 1. The number of nitrogens with zero attached hydrogens (tertiary/aromatic N) is 3. The average molecular weight is 497 g/mol. The number of carboxylic acids is 1. The predicted octanol–water partition coefficient (Wildman–Crippen LogP) is 5.07. The molecule has 2 aromatic heterocycles. The van der Waals surface area contributed by atoms with Crippen molar-refractivity contribution < 1.29 is 19.4 Å². The van der Waals surface area contributed by atoms with Crippen molar-refractivity contribution in [1.29, 1.82) is 0 Å². The molecule has 2 fully saturated rings. The Morgan fingerprint density at radius 1 is 1.09 bits per heavy atom. The van der Waals surface area contributed by atoms with E-state index in [-0.39, 0.29) is 30.3 Å². The zero-order valence-corrected chi connectivity index (χ0v) is 20.2. The van der Waals surface area contributed by atoms with E-state index in [1.807, 2.05) is 36.5 Å². The molecule has 2 N–H and O–H groups in total. The van der Waals surface area contributed by atoms with Crippen molar-refractivity contribution >= 4 is 40.4 Å². The third-order valence-corrected chi connectivity index (χ3v) is 7.39. The number of anilines is 1. The summed E-state index contributed by atoms with van der Waals surface area (Å²) in [5.74, 6) is 0.863. The van der Waals surface area contributed by atoms with Crippen LogP contribution in [0.25, 0.3) is 22.4 Å². The van der Waals surface area contributed by atoms with Crippen molar-refractivity contribution in [1.82, 2.24) is 15.0 Å². The molecule has 1 saturated heterocycles. The van der Waals surface area contributed by atoms with Crippen LogP contribution in [-0.2, 0) is 14.3 Å². The van der Waals surface area contributed by atoms with Crippen molar-refractivity contribution in [3.8, 4) is 11.4 Å². The van der Waals surface area contributed by atoms with E-state index in [1.54, 1.807) is 0 Å². The van der Waals surface area contributed by atoms with Crippen LogP contribution in [0.1, 0.15) is 44.9 Å². The maximum atomic E-state index is 12.6. The van der Waals surface area contributed by atoms with Crippen LogP contribution in [0.15, 0.2) is 36.5 Å². The summed E-state index contributed by atoms with van der Waals surface area (Å²) < 4.78 is 5.82. The van der Waals surface area contributed by atoms with Gasteiger partial charge in [0, 0.05) is 49.1 Å². The second-order valence-electron chi connectivity index (χ2n) is 9.59. The van der Waals surface area contributed by atoms with Crippen molar-refractivity contribution in [2.45, 2.75) is 51.0 Å². The summed E-state index contributed by atoms with van der Waals surface area (Å²) >= 11 is 6.07. The zero-order valence-electron chi connectivity index (χ0n) is 19.5.